The van der Waals surface area contributed by atoms with Gasteiger partial charge in [0.1, 0.15) is 0 Å². The molecule has 1 atom stereocenters. The fraction of sp³-hybridized carbons (Fsp3) is 0.0476. The lowest BCUT2D eigenvalue weighted by Gasteiger charge is -2.09. The van der Waals surface area contributed by atoms with E-state index in [-0.39, 0.29) is 10.9 Å². The van der Waals surface area contributed by atoms with Crippen LogP contribution in [0.5, 0.6) is 0 Å². The first-order chi connectivity index (χ1) is 13.0. The number of nitrogens with one attached hydrogen (secondary N) is 1. The van der Waals surface area contributed by atoms with Crippen LogP contribution in [0.25, 0.3) is 11.1 Å². The number of anilines is 1. The number of nitriles is 1. The Hall–Kier alpha value is -2.94. The lowest BCUT2D eigenvalue weighted by Crippen LogP contribution is -2.12. The fourth-order valence-electron chi connectivity index (χ4n) is 2.57. The van der Waals surface area contributed by atoms with Crippen molar-refractivity contribution in [3.05, 3.63) is 82.9 Å². The van der Waals surface area contributed by atoms with Gasteiger partial charge in [-0.3, -0.25) is 9.00 Å². The number of nitrogens with zero attached hydrogens (tertiary/aromatic N) is 1. The highest BCUT2D eigenvalue weighted by Gasteiger charge is 2.12. The van der Waals surface area contributed by atoms with Gasteiger partial charge in [-0.15, -0.1) is 0 Å². The average molecular weight is 395 g/mol. The Morgan fingerprint density at radius 1 is 1.04 bits per heavy atom. The van der Waals surface area contributed by atoms with E-state index in [2.05, 4.69) is 11.4 Å². The van der Waals surface area contributed by atoms with Gasteiger partial charge in [0.25, 0.3) is 5.91 Å². The van der Waals surface area contributed by atoms with Crippen LogP contribution in [-0.4, -0.2) is 16.4 Å². The quantitative estimate of drug-likeness (QED) is 0.686. The van der Waals surface area contributed by atoms with Crippen molar-refractivity contribution in [3.8, 4) is 17.2 Å². The largest absolute Gasteiger partial charge is 0.322 e. The molecule has 6 heteroatoms. The van der Waals surface area contributed by atoms with Crippen LogP contribution in [0.1, 0.15) is 15.9 Å². The second-order valence-electron chi connectivity index (χ2n) is 5.82. The Bertz CT molecular complexity index is 1070. The minimum atomic E-state index is -1.16. The lowest BCUT2D eigenvalue weighted by molar-refractivity contribution is 0.102. The molecule has 0 aliphatic heterocycles. The monoisotopic (exact) mass is 394 g/mol. The van der Waals surface area contributed by atoms with E-state index in [1.807, 2.05) is 30.3 Å². The second-order valence-corrected chi connectivity index (χ2v) is 7.61. The van der Waals surface area contributed by atoms with Crippen LogP contribution in [0.4, 0.5) is 5.69 Å². The molecular formula is C21H15ClN2O2S. The van der Waals surface area contributed by atoms with Crippen LogP contribution < -0.4 is 5.32 Å². The van der Waals surface area contributed by atoms with Crippen molar-refractivity contribution in [2.45, 2.75) is 4.90 Å². The Morgan fingerprint density at radius 2 is 1.78 bits per heavy atom. The Balaban J connectivity index is 1.82. The molecule has 0 aliphatic rings. The van der Waals surface area contributed by atoms with Crippen LogP contribution >= 0.6 is 11.6 Å². The van der Waals surface area contributed by atoms with Gasteiger partial charge in [0.2, 0.25) is 0 Å². The van der Waals surface area contributed by atoms with Crippen molar-refractivity contribution < 1.29 is 9.00 Å². The first-order valence-corrected chi connectivity index (χ1v) is 9.96. The number of rotatable bonds is 4. The zero-order valence-electron chi connectivity index (χ0n) is 14.4. The molecule has 134 valence electrons. The van der Waals surface area contributed by atoms with E-state index in [4.69, 9.17) is 16.9 Å². The number of carbonyl (C=O) groups is 1. The van der Waals surface area contributed by atoms with Crippen molar-refractivity contribution in [1.29, 1.82) is 5.26 Å². The zero-order chi connectivity index (χ0) is 19.4. The first-order valence-electron chi connectivity index (χ1n) is 8.03. The highest BCUT2D eigenvalue weighted by atomic mass is 35.5. The van der Waals surface area contributed by atoms with E-state index < -0.39 is 10.8 Å². The van der Waals surface area contributed by atoms with Crippen molar-refractivity contribution in [3.63, 3.8) is 0 Å². The van der Waals surface area contributed by atoms with Gasteiger partial charge in [-0.2, -0.15) is 5.26 Å². The van der Waals surface area contributed by atoms with Crippen LogP contribution in [0, 0.1) is 11.3 Å². The molecule has 0 saturated carbocycles. The van der Waals surface area contributed by atoms with E-state index in [9.17, 15) is 9.00 Å². The minimum absolute atomic E-state index is 0.253. The molecule has 4 nitrogen and oxygen atoms in total. The molecular weight excluding hydrogens is 380 g/mol. The summed E-state index contributed by atoms with van der Waals surface area (Å²) in [5, 5.41) is 12.0. The molecule has 1 N–H and O–H groups in total. The van der Waals surface area contributed by atoms with Crippen LogP contribution in [0.3, 0.4) is 0 Å². The molecule has 3 aromatic carbocycles. The highest BCUT2D eigenvalue weighted by Crippen LogP contribution is 2.25. The maximum atomic E-state index is 12.5. The van der Waals surface area contributed by atoms with E-state index >= 15 is 0 Å². The van der Waals surface area contributed by atoms with Gasteiger partial charge in [-0.1, -0.05) is 35.9 Å². The maximum absolute atomic E-state index is 12.5. The normalized spacial score (nSPS) is 11.4. The number of hydrogen-bond donors (Lipinski definition) is 1. The van der Waals surface area contributed by atoms with Gasteiger partial charge in [0.15, 0.2) is 0 Å². The van der Waals surface area contributed by atoms with Gasteiger partial charge in [0.05, 0.1) is 22.2 Å². The predicted octanol–water partition coefficient (Wildman–Crippen LogP) is 4.87. The summed E-state index contributed by atoms with van der Waals surface area (Å²) in [5.74, 6) is -0.342. The number of halogens is 1. The maximum Gasteiger partial charge on any atom is 0.257 e. The molecule has 1 unspecified atom stereocenters. The first kappa shape index (κ1) is 18.8. The van der Waals surface area contributed by atoms with E-state index in [0.717, 1.165) is 11.1 Å². The topological polar surface area (TPSA) is 70.0 Å². The van der Waals surface area contributed by atoms with Gasteiger partial charge >= 0.3 is 0 Å². The third-order valence-corrected chi connectivity index (χ3v) is 5.22. The molecule has 0 fully saturated rings. The minimum Gasteiger partial charge on any atom is -0.322 e. The van der Waals surface area contributed by atoms with Crippen LogP contribution in [0.15, 0.2) is 71.6 Å². The zero-order valence-corrected chi connectivity index (χ0v) is 16.0. The van der Waals surface area contributed by atoms with Crippen molar-refractivity contribution >= 4 is 34.0 Å². The summed E-state index contributed by atoms with van der Waals surface area (Å²) >= 11 is 6.17. The van der Waals surface area contributed by atoms with Crippen molar-refractivity contribution in [1.82, 2.24) is 0 Å². The summed E-state index contributed by atoms with van der Waals surface area (Å²) in [6.45, 7) is 0. The summed E-state index contributed by atoms with van der Waals surface area (Å²) in [4.78, 5) is 13.1. The third kappa shape index (κ3) is 4.43. The summed E-state index contributed by atoms with van der Waals surface area (Å²) in [6.07, 6.45) is 1.56. The summed E-state index contributed by atoms with van der Waals surface area (Å²) < 4.78 is 11.5. The van der Waals surface area contributed by atoms with Crippen molar-refractivity contribution in [2.75, 3.05) is 11.6 Å². The summed E-state index contributed by atoms with van der Waals surface area (Å²) in [6, 6.07) is 21.5. The number of amides is 1. The third-order valence-electron chi connectivity index (χ3n) is 3.98. The smallest absolute Gasteiger partial charge is 0.257 e. The van der Waals surface area contributed by atoms with Crippen molar-refractivity contribution in [2.24, 2.45) is 0 Å². The Kier molecular flexibility index (Phi) is 5.70. The van der Waals surface area contributed by atoms with E-state index in [0.29, 0.717) is 21.7 Å². The lowest BCUT2D eigenvalue weighted by atomic mass is 10.0. The number of benzene rings is 3. The molecule has 0 aliphatic carbocycles. The SMILES string of the molecule is CS(=O)c1ccc(C(=O)Nc2cccc(-c3ccc(C#N)cc3)c2)c(Cl)c1. The molecule has 0 aromatic heterocycles. The molecule has 0 radical (unpaired) electrons. The Labute approximate surface area is 164 Å². The molecule has 3 aromatic rings. The fourth-order valence-corrected chi connectivity index (χ4v) is 3.45. The van der Waals surface area contributed by atoms with Gasteiger partial charge in [-0.05, 0) is 53.6 Å². The predicted molar refractivity (Wildman–Crippen MR) is 108 cm³/mol. The van der Waals surface area contributed by atoms with Crippen LogP contribution in [0.2, 0.25) is 5.02 Å². The molecule has 3 rings (SSSR count). The summed E-state index contributed by atoms with van der Waals surface area (Å²) in [7, 11) is -1.16. The van der Waals surface area contributed by atoms with Gasteiger partial charge < -0.3 is 5.32 Å². The molecule has 0 heterocycles. The molecule has 0 spiro atoms. The second kappa shape index (κ2) is 8.17. The Morgan fingerprint density at radius 3 is 2.41 bits per heavy atom. The van der Waals surface area contributed by atoms with Gasteiger partial charge in [-0.25, -0.2) is 0 Å². The van der Waals surface area contributed by atoms with E-state index in [1.54, 1.807) is 42.7 Å². The number of carbonyl (C=O) groups excluding carboxylic acids is 1. The highest BCUT2D eigenvalue weighted by molar-refractivity contribution is 7.84. The summed E-state index contributed by atoms with van der Waals surface area (Å²) in [5.41, 5.74) is 3.39. The van der Waals surface area contributed by atoms with Crippen LogP contribution in [-0.2, 0) is 10.8 Å². The molecule has 27 heavy (non-hydrogen) atoms. The standard InChI is InChI=1S/C21H15ClN2O2S/c1-27(26)18-9-10-19(20(22)12-18)21(25)24-17-4-2-3-16(11-17)15-7-5-14(13-23)6-8-15/h2-12H,1H3,(H,24,25). The molecule has 0 bridgehead atoms. The number of hydrogen-bond acceptors (Lipinski definition) is 3. The molecule has 1 amide bonds. The average Bonchev–Trinajstić information content (AvgIpc) is 2.68. The van der Waals surface area contributed by atoms with Gasteiger partial charge in [0, 0.05) is 27.6 Å². The molecule has 0 saturated heterocycles. The van der Waals surface area contributed by atoms with E-state index in [1.165, 1.54) is 0 Å².